The van der Waals surface area contributed by atoms with Crippen LogP contribution in [0.1, 0.15) is 12.8 Å². The molecule has 1 fully saturated rings. The highest BCUT2D eigenvalue weighted by molar-refractivity contribution is 9.10. The van der Waals surface area contributed by atoms with Gasteiger partial charge < -0.3 is 15.5 Å². The average Bonchev–Trinajstić information content (AvgIpc) is 3.29. The van der Waals surface area contributed by atoms with E-state index in [4.69, 9.17) is 5.73 Å². The van der Waals surface area contributed by atoms with E-state index in [1.165, 1.54) is 19.1 Å². The number of rotatable bonds is 4. The van der Waals surface area contributed by atoms with Crippen molar-refractivity contribution in [2.45, 2.75) is 12.8 Å². The molecule has 0 aliphatic carbocycles. The summed E-state index contributed by atoms with van der Waals surface area (Å²) in [6, 6.07) is 3.74. The first kappa shape index (κ1) is 19.1. The molecule has 2 aliphatic heterocycles. The number of carbonyl (C=O) groups is 1. The molecule has 0 radical (unpaired) electrons. The molecule has 2 aromatic heterocycles. The molecule has 1 amide bonds. The van der Waals surface area contributed by atoms with Crippen LogP contribution in [0.15, 0.2) is 55.9 Å². The number of aromatic nitrogens is 2. The molecule has 7 nitrogen and oxygen atoms in total. The zero-order valence-corrected chi connectivity index (χ0v) is 18.1. The molecule has 0 atom stereocenters. The molecule has 0 bridgehead atoms. The fourth-order valence-electron chi connectivity index (χ4n) is 3.30. The molecule has 0 saturated carbocycles. The number of nitrogens with two attached hydrogens (primary N) is 1. The number of anilines is 2. The van der Waals surface area contributed by atoms with Gasteiger partial charge in [-0.05, 0) is 56.8 Å². The van der Waals surface area contributed by atoms with Crippen molar-refractivity contribution in [3.63, 3.8) is 0 Å². The summed E-state index contributed by atoms with van der Waals surface area (Å²) in [7, 11) is 0. The van der Waals surface area contributed by atoms with Crippen LogP contribution in [0.2, 0.25) is 0 Å². The summed E-state index contributed by atoms with van der Waals surface area (Å²) in [5, 5.41) is 0. The van der Waals surface area contributed by atoms with Crippen molar-refractivity contribution in [1.82, 2.24) is 9.97 Å². The molecule has 28 heavy (non-hydrogen) atoms. The van der Waals surface area contributed by atoms with Gasteiger partial charge in [-0.1, -0.05) is 0 Å². The summed E-state index contributed by atoms with van der Waals surface area (Å²) >= 11 is 6.95. The number of hydrogen-bond acceptors (Lipinski definition) is 6. The first-order chi connectivity index (χ1) is 13.5. The molecule has 2 aliphatic rings. The number of pyridine rings is 2. The van der Waals surface area contributed by atoms with Crippen LogP contribution in [0, 0.1) is 0 Å². The van der Waals surface area contributed by atoms with Gasteiger partial charge in [0, 0.05) is 35.7 Å². The van der Waals surface area contributed by atoms with E-state index in [2.05, 4.69) is 51.7 Å². The van der Waals surface area contributed by atoms with E-state index in [9.17, 15) is 4.79 Å². The van der Waals surface area contributed by atoms with E-state index in [1.54, 1.807) is 23.5 Å². The third kappa shape index (κ3) is 3.81. The molecule has 2 aromatic rings. The summed E-state index contributed by atoms with van der Waals surface area (Å²) in [6.45, 7) is 2.35. The molecule has 0 aromatic carbocycles. The lowest BCUT2D eigenvalue weighted by Gasteiger charge is -2.17. The smallest absolute Gasteiger partial charge is 0.262 e. The third-order valence-corrected chi connectivity index (χ3v) is 5.72. The molecule has 144 valence electrons. The van der Waals surface area contributed by atoms with E-state index >= 15 is 0 Å². The molecule has 1 saturated heterocycles. The highest BCUT2D eigenvalue weighted by Gasteiger charge is 2.29. The lowest BCUT2D eigenvalue weighted by molar-refractivity contribution is -0.114. The molecule has 4 rings (SSSR count). The maximum Gasteiger partial charge on any atom is 0.262 e. The van der Waals surface area contributed by atoms with Crippen LogP contribution in [-0.2, 0) is 4.79 Å². The Bertz CT molecular complexity index is 984. The van der Waals surface area contributed by atoms with E-state index in [1.807, 2.05) is 12.1 Å². The Balaban J connectivity index is 1.52. The van der Waals surface area contributed by atoms with Gasteiger partial charge in [-0.25, -0.2) is 4.98 Å². The number of carbonyl (C=O) groups excluding carboxylic acids is 1. The predicted molar refractivity (Wildman–Crippen MR) is 117 cm³/mol. The number of hydrogen-bond donors (Lipinski definition) is 1. The van der Waals surface area contributed by atoms with Gasteiger partial charge in [0.1, 0.15) is 5.82 Å². The monoisotopic (exact) mass is 504 g/mol. The predicted octanol–water partition coefficient (Wildman–Crippen LogP) is 3.56. The molecule has 0 spiro atoms. The number of amides is 1. The minimum Gasteiger partial charge on any atom is -0.400 e. The second-order valence-electron chi connectivity index (χ2n) is 6.64. The zero-order valence-electron chi connectivity index (χ0n) is 15.0. The van der Waals surface area contributed by atoms with Crippen molar-refractivity contribution in [2.75, 3.05) is 29.4 Å². The Kier molecular flexibility index (Phi) is 5.45. The summed E-state index contributed by atoms with van der Waals surface area (Å²) < 4.78 is 1.69. The Morgan fingerprint density at radius 3 is 2.64 bits per heavy atom. The number of aliphatic imine (C=N–C) groups is 1. The normalized spacial score (nSPS) is 17.4. The first-order valence-corrected chi connectivity index (χ1v) is 10.5. The van der Waals surface area contributed by atoms with Crippen molar-refractivity contribution in [1.29, 1.82) is 0 Å². The van der Waals surface area contributed by atoms with Gasteiger partial charge in [-0.2, -0.15) is 0 Å². The lowest BCUT2D eigenvalue weighted by atomic mass is 10.2. The maximum absolute atomic E-state index is 12.8. The van der Waals surface area contributed by atoms with E-state index in [0.29, 0.717) is 29.2 Å². The Morgan fingerprint density at radius 2 is 1.93 bits per heavy atom. The van der Waals surface area contributed by atoms with Gasteiger partial charge in [-0.3, -0.25) is 14.8 Å². The van der Waals surface area contributed by atoms with Gasteiger partial charge >= 0.3 is 0 Å². The summed E-state index contributed by atoms with van der Waals surface area (Å²) in [5.41, 5.74) is 8.31. The van der Waals surface area contributed by atoms with Gasteiger partial charge in [0.15, 0.2) is 0 Å². The van der Waals surface area contributed by atoms with Crippen molar-refractivity contribution in [2.24, 2.45) is 10.7 Å². The van der Waals surface area contributed by atoms with Gasteiger partial charge in [0.05, 0.1) is 40.4 Å². The van der Waals surface area contributed by atoms with Gasteiger partial charge in [0.2, 0.25) is 0 Å². The number of nitrogens with zero attached hydrogens (tertiary/aromatic N) is 5. The topological polar surface area (TPSA) is 87.7 Å². The summed E-state index contributed by atoms with van der Waals surface area (Å²) in [5.74, 6) is 0.738. The molecular weight excluding hydrogens is 488 g/mol. The number of halogens is 2. The minimum atomic E-state index is -0.193. The van der Waals surface area contributed by atoms with E-state index < -0.39 is 0 Å². The van der Waals surface area contributed by atoms with Crippen molar-refractivity contribution < 1.29 is 4.79 Å². The van der Waals surface area contributed by atoms with Crippen LogP contribution in [0.5, 0.6) is 0 Å². The Hall–Kier alpha value is -2.26. The van der Waals surface area contributed by atoms with Crippen LogP contribution in [-0.4, -0.2) is 41.7 Å². The van der Waals surface area contributed by atoms with Gasteiger partial charge in [-0.15, -0.1) is 0 Å². The average molecular weight is 506 g/mol. The Morgan fingerprint density at radius 1 is 1.14 bits per heavy atom. The Labute approximate surface area is 179 Å². The van der Waals surface area contributed by atoms with E-state index in [-0.39, 0.29) is 5.91 Å². The van der Waals surface area contributed by atoms with E-state index in [0.717, 1.165) is 27.9 Å². The van der Waals surface area contributed by atoms with Crippen LogP contribution in [0.3, 0.4) is 0 Å². The highest BCUT2D eigenvalue weighted by Crippen LogP contribution is 2.30. The van der Waals surface area contributed by atoms with Crippen LogP contribution >= 0.6 is 31.9 Å². The summed E-state index contributed by atoms with van der Waals surface area (Å²) in [4.78, 5) is 29.6. The van der Waals surface area contributed by atoms with Crippen molar-refractivity contribution in [3.8, 4) is 0 Å². The van der Waals surface area contributed by atoms with Crippen molar-refractivity contribution >= 4 is 61.2 Å². The second-order valence-corrected chi connectivity index (χ2v) is 8.41. The lowest BCUT2D eigenvalue weighted by Crippen LogP contribution is -2.27. The summed E-state index contributed by atoms with van der Waals surface area (Å²) in [6.07, 6.45) is 8.90. The third-order valence-electron chi connectivity index (χ3n) is 4.71. The molecule has 2 N–H and O–H groups in total. The van der Waals surface area contributed by atoms with Gasteiger partial charge in [0.25, 0.3) is 5.91 Å². The maximum atomic E-state index is 12.8. The van der Waals surface area contributed by atoms with Crippen molar-refractivity contribution in [3.05, 3.63) is 50.9 Å². The molecule has 4 heterocycles. The van der Waals surface area contributed by atoms with Crippen LogP contribution < -0.4 is 15.5 Å². The highest BCUT2D eigenvalue weighted by atomic mass is 79.9. The molecule has 0 unspecified atom stereocenters. The standard InChI is InChI=1S/C19H18Br2N6O/c20-12-5-14(9-23-7-12)27-11-17(22)15(19(27)28)10-24-13-6-16(21)18(25-8-13)26-3-1-2-4-26/h5-10H,1-4,11,22H2. The fraction of sp³-hybridized carbons (Fsp3) is 0.263. The zero-order chi connectivity index (χ0) is 19.7. The van der Waals surface area contributed by atoms with Crippen LogP contribution in [0.25, 0.3) is 0 Å². The van der Waals surface area contributed by atoms with Crippen LogP contribution in [0.4, 0.5) is 17.2 Å². The quantitative estimate of drug-likeness (QED) is 0.642. The molecule has 9 heteroatoms. The largest absolute Gasteiger partial charge is 0.400 e. The fourth-order valence-corrected chi connectivity index (χ4v) is 4.24. The SMILES string of the molecule is NC1=C(C=Nc2cnc(N3CCCC3)c(Br)c2)C(=O)N(c2cncc(Br)c2)C1. The minimum absolute atomic E-state index is 0.193. The second kappa shape index (κ2) is 8.00. The first-order valence-electron chi connectivity index (χ1n) is 8.88. The molecular formula is C19H18Br2N6O.